The van der Waals surface area contributed by atoms with Crippen LogP contribution >= 0.6 is 11.8 Å². The fourth-order valence-electron chi connectivity index (χ4n) is 4.87. The second kappa shape index (κ2) is 11.4. The number of aliphatic carboxylic acids is 1. The van der Waals surface area contributed by atoms with E-state index in [0.29, 0.717) is 39.4 Å². The Kier molecular flexibility index (Phi) is 7.36. The molecule has 3 unspecified atom stereocenters. The molecule has 212 valence electrons. The van der Waals surface area contributed by atoms with E-state index in [-0.39, 0.29) is 18.8 Å². The smallest absolute Gasteiger partial charge is 0.330 e. The molecule has 12 heteroatoms. The van der Waals surface area contributed by atoms with Gasteiger partial charge in [0.25, 0.3) is 11.5 Å². The molecule has 3 aromatic carbocycles. The van der Waals surface area contributed by atoms with Gasteiger partial charge in [0.2, 0.25) is 5.91 Å². The Labute approximate surface area is 243 Å². The lowest BCUT2D eigenvalue weighted by molar-refractivity contribution is -0.160. The Balaban J connectivity index is 1.16. The van der Waals surface area contributed by atoms with Crippen molar-refractivity contribution >= 4 is 40.4 Å². The van der Waals surface area contributed by atoms with E-state index in [4.69, 9.17) is 9.47 Å². The van der Waals surface area contributed by atoms with Crippen molar-refractivity contribution in [3.8, 4) is 22.9 Å². The first kappa shape index (κ1) is 27.1. The molecule has 6 rings (SSSR count). The quantitative estimate of drug-likeness (QED) is 0.252. The molecule has 0 bridgehead atoms. The van der Waals surface area contributed by atoms with Crippen LogP contribution in [0, 0.1) is 0 Å². The van der Waals surface area contributed by atoms with Crippen LogP contribution in [-0.4, -0.2) is 68.4 Å². The average molecular weight is 585 g/mol. The number of hydrogen-bond donors (Lipinski definition) is 3. The first-order valence-electron chi connectivity index (χ1n) is 13.0. The lowest BCUT2D eigenvalue weighted by atomic mass is 9.98. The molecule has 0 saturated carbocycles. The molecule has 1 saturated heterocycles. The number of aromatic amines is 1. The van der Waals surface area contributed by atoms with Crippen LogP contribution in [0.5, 0.6) is 11.5 Å². The van der Waals surface area contributed by atoms with E-state index < -0.39 is 35.2 Å². The summed E-state index contributed by atoms with van der Waals surface area (Å²) >= 11 is 1.23. The van der Waals surface area contributed by atoms with E-state index in [1.807, 2.05) is 6.07 Å². The monoisotopic (exact) mass is 584 g/mol. The molecule has 11 nitrogen and oxygen atoms in total. The van der Waals surface area contributed by atoms with Gasteiger partial charge in [0.15, 0.2) is 12.6 Å². The molecule has 3 N–H and O–H groups in total. The number of thioether (sulfide) groups is 1. The zero-order valence-electron chi connectivity index (χ0n) is 21.9. The van der Waals surface area contributed by atoms with Gasteiger partial charge in [-0.1, -0.05) is 42.5 Å². The molecular formula is C30H24N4O7S. The Morgan fingerprint density at radius 2 is 1.71 bits per heavy atom. The highest BCUT2D eigenvalue weighted by atomic mass is 32.2. The predicted octanol–water partition coefficient (Wildman–Crippen LogP) is 2.78. The van der Waals surface area contributed by atoms with E-state index in [9.17, 15) is 24.3 Å². The minimum atomic E-state index is -1.26. The molecule has 3 heterocycles. The second-order valence-corrected chi connectivity index (χ2v) is 10.6. The van der Waals surface area contributed by atoms with Crippen molar-refractivity contribution in [1.82, 2.24) is 20.2 Å². The van der Waals surface area contributed by atoms with Gasteiger partial charge in [-0.05, 0) is 41.8 Å². The second-order valence-electron chi connectivity index (χ2n) is 9.57. The third-order valence-corrected chi connectivity index (χ3v) is 8.10. The number of aromatic nitrogens is 2. The van der Waals surface area contributed by atoms with E-state index in [0.717, 1.165) is 0 Å². The number of carboxylic acid groups (broad SMARTS) is 1. The molecule has 1 aromatic heterocycles. The summed E-state index contributed by atoms with van der Waals surface area (Å²) < 4.78 is 11.5. The van der Waals surface area contributed by atoms with E-state index in [1.54, 1.807) is 78.2 Å². The lowest BCUT2D eigenvalue weighted by Gasteiger charge is -2.51. The zero-order chi connectivity index (χ0) is 29.2. The Bertz CT molecular complexity index is 1770. The number of rotatable bonds is 9. The fraction of sp³-hybridized carbons (Fsp3) is 0.167. The van der Waals surface area contributed by atoms with E-state index >= 15 is 0 Å². The number of ether oxygens (including phenoxy) is 2. The maximum atomic E-state index is 13.0. The maximum absolute atomic E-state index is 13.0. The summed E-state index contributed by atoms with van der Waals surface area (Å²) in [6.07, 6.45) is 0. The van der Waals surface area contributed by atoms with Gasteiger partial charge in [0, 0.05) is 5.57 Å². The number of amides is 2. The van der Waals surface area contributed by atoms with Gasteiger partial charge in [0.1, 0.15) is 35.3 Å². The summed E-state index contributed by atoms with van der Waals surface area (Å²) in [5, 5.41) is 14.2. The molecule has 0 aliphatic carbocycles. The van der Waals surface area contributed by atoms with Crippen molar-refractivity contribution in [2.24, 2.45) is 0 Å². The molecule has 2 aliphatic rings. The van der Waals surface area contributed by atoms with Crippen LogP contribution < -0.4 is 20.3 Å². The predicted molar refractivity (Wildman–Crippen MR) is 155 cm³/mol. The van der Waals surface area contributed by atoms with E-state index in [1.165, 1.54) is 16.7 Å². The number of nitrogens with zero attached hydrogens (tertiary/aromatic N) is 2. The van der Waals surface area contributed by atoms with Crippen molar-refractivity contribution in [2.75, 3.05) is 13.2 Å². The van der Waals surface area contributed by atoms with Crippen LogP contribution in [0.2, 0.25) is 0 Å². The first-order chi connectivity index (χ1) is 20.4. The topological polar surface area (TPSA) is 151 Å². The van der Waals surface area contributed by atoms with Crippen molar-refractivity contribution in [2.45, 2.75) is 17.5 Å². The third kappa shape index (κ3) is 5.19. The number of benzene rings is 3. The average Bonchev–Trinajstić information content (AvgIpc) is 3.01. The summed E-state index contributed by atoms with van der Waals surface area (Å²) in [6, 6.07) is 20.6. The van der Waals surface area contributed by atoms with Gasteiger partial charge in [-0.15, -0.1) is 11.8 Å². The first-order valence-corrected chi connectivity index (χ1v) is 13.9. The number of H-pyrrole nitrogens is 1. The third-order valence-electron chi connectivity index (χ3n) is 6.88. The maximum Gasteiger partial charge on any atom is 0.330 e. The molecule has 4 aromatic rings. The highest BCUT2D eigenvalue weighted by Crippen LogP contribution is 2.40. The van der Waals surface area contributed by atoms with Crippen LogP contribution in [0.4, 0.5) is 0 Å². The van der Waals surface area contributed by atoms with Crippen molar-refractivity contribution in [3.05, 3.63) is 100 Å². The number of carbonyl (C=O) groups is 3. The number of carboxylic acids is 1. The summed E-state index contributed by atoms with van der Waals surface area (Å²) in [6.45, 7) is -0.406. The standard InChI is InChI=1S/C30H24N4O7S/c35-23(15-40-18-8-2-1-3-9-18)32-24-28(37)34-25(30(38)39)17(16-42-29(24)34)14-41-22-13-7-5-11-20(22)26-31-21-12-6-4-10-19(21)27(36)33-26/h1-13,16,24-25,29H,14-15H2,(H,32,35)(H,38,39)(H,31,33,36). The number of nitrogens with one attached hydrogen (secondary N) is 2. The van der Waals surface area contributed by atoms with Crippen LogP contribution in [0.25, 0.3) is 22.3 Å². The molecular weight excluding hydrogens is 560 g/mol. The van der Waals surface area contributed by atoms with Crippen molar-refractivity contribution in [3.63, 3.8) is 0 Å². The Morgan fingerprint density at radius 3 is 2.52 bits per heavy atom. The lowest BCUT2D eigenvalue weighted by Crippen LogP contribution is -2.74. The minimum Gasteiger partial charge on any atom is -0.488 e. The largest absolute Gasteiger partial charge is 0.488 e. The van der Waals surface area contributed by atoms with Gasteiger partial charge in [-0.2, -0.15) is 0 Å². The van der Waals surface area contributed by atoms with Gasteiger partial charge in [0.05, 0.1) is 16.5 Å². The molecule has 3 atom stereocenters. The highest BCUT2D eigenvalue weighted by molar-refractivity contribution is 8.03. The number of para-hydroxylation sites is 3. The normalized spacial score (nSPS) is 19.3. The van der Waals surface area contributed by atoms with E-state index in [2.05, 4.69) is 15.3 Å². The molecule has 0 radical (unpaired) electrons. The SMILES string of the molecule is O=C(COc1ccccc1)NC1C(=O)N2C(C(=O)O)C(COc3ccccc3-c3nc4ccccc4c(=O)[nH]3)=CSC12. The van der Waals surface area contributed by atoms with Gasteiger partial charge in [-0.25, -0.2) is 9.78 Å². The summed E-state index contributed by atoms with van der Waals surface area (Å²) in [7, 11) is 0. The van der Waals surface area contributed by atoms with Crippen molar-refractivity contribution < 1.29 is 29.0 Å². The van der Waals surface area contributed by atoms with Crippen LogP contribution in [0.1, 0.15) is 0 Å². The van der Waals surface area contributed by atoms with Crippen LogP contribution in [0.15, 0.2) is 94.6 Å². The molecule has 42 heavy (non-hydrogen) atoms. The number of hydrogen-bond acceptors (Lipinski definition) is 8. The number of β-lactam (4-membered cyclic amide) rings is 1. The van der Waals surface area contributed by atoms with Gasteiger partial charge < -0.3 is 29.8 Å². The molecule has 0 spiro atoms. The highest BCUT2D eigenvalue weighted by Gasteiger charge is 2.56. The molecule has 2 aliphatic heterocycles. The summed E-state index contributed by atoms with van der Waals surface area (Å²) in [4.78, 5) is 58.9. The summed E-state index contributed by atoms with van der Waals surface area (Å²) in [5.74, 6) is -0.995. The minimum absolute atomic E-state index is 0.128. The zero-order valence-corrected chi connectivity index (χ0v) is 22.7. The van der Waals surface area contributed by atoms with Gasteiger partial charge in [-0.3, -0.25) is 14.4 Å². The molecule has 2 amide bonds. The van der Waals surface area contributed by atoms with Gasteiger partial charge >= 0.3 is 5.97 Å². The fourth-order valence-corrected chi connectivity index (χ4v) is 6.08. The Hall–Kier alpha value is -5.10. The number of carbonyl (C=O) groups excluding carboxylic acids is 2. The number of fused-ring (bicyclic) bond motifs is 2. The molecule has 1 fully saturated rings. The van der Waals surface area contributed by atoms with Crippen molar-refractivity contribution in [1.29, 1.82) is 0 Å². The Morgan fingerprint density at radius 1 is 0.976 bits per heavy atom. The summed E-state index contributed by atoms with van der Waals surface area (Å²) in [5.41, 5.74) is 1.12. The van der Waals surface area contributed by atoms with Crippen LogP contribution in [0.3, 0.4) is 0 Å². The van der Waals surface area contributed by atoms with Crippen LogP contribution in [-0.2, 0) is 14.4 Å².